The summed E-state index contributed by atoms with van der Waals surface area (Å²) in [5, 5.41) is 0. The second-order valence-corrected chi connectivity index (χ2v) is 5.55. The van der Waals surface area contributed by atoms with Crippen LogP contribution < -0.4 is 4.74 Å². The Bertz CT molecular complexity index is 376. The van der Waals surface area contributed by atoms with Crippen molar-refractivity contribution in [2.75, 3.05) is 47.1 Å². The highest BCUT2D eigenvalue weighted by atomic mass is 79.9. The average Bonchev–Trinajstić information content (AvgIpc) is 2.43. The summed E-state index contributed by atoms with van der Waals surface area (Å²) in [6.45, 7) is 5.95. The van der Waals surface area contributed by atoms with Gasteiger partial charge < -0.3 is 14.2 Å². The molecule has 0 spiro atoms. The Balaban J connectivity index is 2.40. The summed E-state index contributed by atoms with van der Waals surface area (Å²) in [5.74, 6) is 0.880. The van der Waals surface area contributed by atoms with Crippen molar-refractivity contribution in [2.24, 2.45) is 0 Å². The van der Waals surface area contributed by atoms with Crippen molar-refractivity contribution in [3.05, 3.63) is 28.7 Å². The number of rotatable bonds is 10. The van der Waals surface area contributed by atoms with Gasteiger partial charge in [0.1, 0.15) is 12.4 Å². The van der Waals surface area contributed by atoms with Crippen LogP contribution >= 0.6 is 15.9 Å². The van der Waals surface area contributed by atoms with Gasteiger partial charge in [-0.2, -0.15) is 0 Å². The van der Waals surface area contributed by atoms with E-state index in [1.54, 1.807) is 14.2 Å². The van der Waals surface area contributed by atoms with Crippen LogP contribution in [0.2, 0.25) is 0 Å². The zero-order chi connectivity index (χ0) is 14.8. The molecule has 0 aliphatic heterocycles. The van der Waals surface area contributed by atoms with Crippen LogP contribution in [0.15, 0.2) is 28.7 Å². The predicted octanol–water partition coefficient (Wildman–Crippen LogP) is 2.81. The Morgan fingerprint density at radius 2 is 1.90 bits per heavy atom. The number of nitrogens with zero attached hydrogens (tertiary/aromatic N) is 1. The number of ether oxygens (including phenoxy) is 3. The fourth-order valence-electron chi connectivity index (χ4n) is 1.95. The van der Waals surface area contributed by atoms with Crippen molar-refractivity contribution >= 4 is 15.9 Å². The minimum atomic E-state index is 0.348. The highest BCUT2D eigenvalue weighted by Crippen LogP contribution is 2.17. The van der Waals surface area contributed by atoms with Crippen molar-refractivity contribution in [3.8, 4) is 5.75 Å². The molecule has 5 heteroatoms. The zero-order valence-electron chi connectivity index (χ0n) is 12.5. The molecule has 0 bridgehead atoms. The first kappa shape index (κ1) is 17.4. The topological polar surface area (TPSA) is 30.9 Å². The number of hydrogen-bond acceptors (Lipinski definition) is 4. The van der Waals surface area contributed by atoms with E-state index in [2.05, 4.69) is 27.8 Å². The predicted molar refractivity (Wildman–Crippen MR) is 84.4 cm³/mol. The molecule has 114 valence electrons. The minimum Gasteiger partial charge on any atom is -0.492 e. The number of halogens is 1. The third kappa shape index (κ3) is 6.70. The molecule has 0 aliphatic rings. The normalized spacial score (nSPS) is 12.7. The third-order valence-electron chi connectivity index (χ3n) is 3.06. The fraction of sp³-hybridized carbons (Fsp3) is 0.600. The first-order valence-corrected chi connectivity index (χ1v) is 7.57. The van der Waals surface area contributed by atoms with Crippen LogP contribution in [0, 0.1) is 0 Å². The van der Waals surface area contributed by atoms with Crippen molar-refractivity contribution < 1.29 is 14.2 Å². The monoisotopic (exact) mass is 345 g/mol. The third-order valence-corrected chi connectivity index (χ3v) is 3.55. The summed E-state index contributed by atoms with van der Waals surface area (Å²) >= 11 is 3.44. The summed E-state index contributed by atoms with van der Waals surface area (Å²) in [7, 11) is 3.44. The van der Waals surface area contributed by atoms with Crippen LogP contribution in [0.4, 0.5) is 0 Å². The maximum absolute atomic E-state index is 5.77. The van der Waals surface area contributed by atoms with Gasteiger partial charge in [0, 0.05) is 37.8 Å². The second kappa shape index (κ2) is 10.2. The van der Waals surface area contributed by atoms with E-state index in [0.29, 0.717) is 25.9 Å². The van der Waals surface area contributed by atoms with Crippen molar-refractivity contribution in [1.82, 2.24) is 4.90 Å². The number of hydrogen-bond donors (Lipinski definition) is 0. The molecule has 0 amide bonds. The summed E-state index contributed by atoms with van der Waals surface area (Å²) in [5.41, 5.74) is 0. The molecule has 1 unspecified atom stereocenters. The molecule has 1 atom stereocenters. The Morgan fingerprint density at radius 1 is 1.15 bits per heavy atom. The first-order chi connectivity index (χ1) is 9.67. The number of benzene rings is 1. The minimum absolute atomic E-state index is 0.348. The van der Waals surface area contributed by atoms with E-state index in [4.69, 9.17) is 14.2 Å². The molecule has 0 fully saturated rings. The van der Waals surface area contributed by atoms with Crippen LogP contribution in [0.5, 0.6) is 5.75 Å². The van der Waals surface area contributed by atoms with Gasteiger partial charge in [0.2, 0.25) is 0 Å². The maximum atomic E-state index is 5.77. The van der Waals surface area contributed by atoms with Crippen molar-refractivity contribution in [1.29, 1.82) is 0 Å². The van der Waals surface area contributed by atoms with Crippen LogP contribution in [0.3, 0.4) is 0 Å². The Hall–Kier alpha value is -0.620. The average molecular weight is 346 g/mol. The van der Waals surface area contributed by atoms with Gasteiger partial charge in [-0.15, -0.1) is 0 Å². The van der Waals surface area contributed by atoms with E-state index in [-0.39, 0.29) is 0 Å². The molecule has 1 aromatic carbocycles. The maximum Gasteiger partial charge on any atom is 0.120 e. The largest absolute Gasteiger partial charge is 0.492 e. The summed E-state index contributed by atoms with van der Waals surface area (Å²) < 4.78 is 17.2. The van der Waals surface area contributed by atoms with Gasteiger partial charge in [-0.3, -0.25) is 4.90 Å². The fourth-order valence-corrected chi connectivity index (χ4v) is 2.32. The smallest absolute Gasteiger partial charge is 0.120 e. The number of methoxy groups -OCH3 is 2. The van der Waals surface area contributed by atoms with E-state index in [1.807, 2.05) is 24.3 Å². The van der Waals surface area contributed by atoms with E-state index in [0.717, 1.165) is 23.3 Å². The van der Waals surface area contributed by atoms with Crippen LogP contribution in [0.1, 0.15) is 6.92 Å². The molecular weight excluding hydrogens is 322 g/mol. The molecule has 0 saturated heterocycles. The molecule has 1 rings (SSSR count). The molecular formula is C15H24BrNO3. The first-order valence-electron chi connectivity index (χ1n) is 6.77. The van der Waals surface area contributed by atoms with Crippen LogP contribution in [-0.4, -0.2) is 58.1 Å². The summed E-state index contributed by atoms with van der Waals surface area (Å²) in [6, 6.07) is 8.23. The molecule has 0 aromatic heterocycles. The standard InChI is InChI=1S/C15H24BrNO3/c1-13(12-19-3)17(7-9-18-2)8-10-20-15-6-4-5-14(16)11-15/h4-6,11,13H,7-10,12H2,1-3H3. The van der Waals surface area contributed by atoms with E-state index in [1.165, 1.54) is 0 Å². The van der Waals surface area contributed by atoms with Gasteiger partial charge in [-0.1, -0.05) is 22.0 Å². The van der Waals surface area contributed by atoms with Crippen LogP contribution in [-0.2, 0) is 9.47 Å². The highest BCUT2D eigenvalue weighted by Gasteiger charge is 2.13. The summed E-state index contributed by atoms with van der Waals surface area (Å²) in [4.78, 5) is 2.31. The molecule has 4 nitrogen and oxygen atoms in total. The van der Waals surface area contributed by atoms with E-state index < -0.39 is 0 Å². The highest BCUT2D eigenvalue weighted by molar-refractivity contribution is 9.10. The summed E-state index contributed by atoms with van der Waals surface area (Å²) in [6.07, 6.45) is 0. The molecule has 0 aliphatic carbocycles. The van der Waals surface area contributed by atoms with Gasteiger partial charge in [-0.25, -0.2) is 0 Å². The van der Waals surface area contributed by atoms with Crippen molar-refractivity contribution in [2.45, 2.75) is 13.0 Å². The lowest BCUT2D eigenvalue weighted by atomic mass is 10.3. The molecule has 1 aromatic rings. The van der Waals surface area contributed by atoms with Gasteiger partial charge >= 0.3 is 0 Å². The van der Waals surface area contributed by atoms with Crippen LogP contribution in [0.25, 0.3) is 0 Å². The van der Waals surface area contributed by atoms with Gasteiger partial charge in [0.25, 0.3) is 0 Å². The molecule has 0 heterocycles. The zero-order valence-corrected chi connectivity index (χ0v) is 14.1. The SMILES string of the molecule is COCCN(CCOc1cccc(Br)c1)C(C)COC. The lowest BCUT2D eigenvalue weighted by molar-refractivity contribution is 0.0661. The quantitative estimate of drug-likeness (QED) is 0.652. The van der Waals surface area contributed by atoms with Gasteiger partial charge in [0.15, 0.2) is 0 Å². The van der Waals surface area contributed by atoms with Gasteiger partial charge in [0.05, 0.1) is 13.2 Å². The lowest BCUT2D eigenvalue weighted by Gasteiger charge is -2.28. The molecule has 0 N–H and O–H groups in total. The Kier molecular flexibility index (Phi) is 8.85. The lowest BCUT2D eigenvalue weighted by Crippen LogP contribution is -2.41. The second-order valence-electron chi connectivity index (χ2n) is 4.64. The van der Waals surface area contributed by atoms with Crippen molar-refractivity contribution in [3.63, 3.8) is 0 Å². The van der Waals surface area contributed by atoms with E-state index in [9.17, 15) is 0 Å². The molecule has 0 radical (unpaired) electrons. The molecule has 20 heavy (non-hydrogen) atoms. The Labute approximate surface area is 130 Å². The Morgan fingerprint density at radius 3 is 2.55 bits per heavy atom. The van der Waals surface area contributed by atoms with Gasteiger partial charge in [-0.05, 0) is 25.1 Å². The van der Waals surface area contributed by atoms with E-state index >= 15 is 0 Å². The molecule has 0 saturated carbocycles.